The van der Waals surface area contributed by atoms with Gasteiger partial charge in [0.05, 0.1) is 5.69 Å². The minimum atomic E-state index is -1.07. The Morgan fingerprint density at radius 1 is 1.50 bits per heavy atom. The molecule has 6 nitrogen and oxygen atoms in total. The van der Waals surface area contributed by atoms with E-state index in [2.05, 4.69) is 24.1 Å². The molecule has 0 saturated carbocycles. The zero-order valence-electron chi connectivity index (χ0n) is 12.1. The summed E-state index contributed by atoms with van der Waals surface area (Å²) >= 11 is 0. The van der Waals surface area contributed by atoms with Crippen molar-refractivity contribution in [1.82, 2.24) is 9.88 Å². The molecule has 6 heteroatoms. The highest BCUT2D eigenvalue weighted by atomic mass is 16.4. The molecule has 1 unspecified atom stereocenters. The van der Waals surface area contributed by atoms with Crippen LogP contribution in [-0.2, 0) is 0 Å². The topological polar surface area (TPSA) is 85.4 Å². The summed E-state index contributed by atoms with van der Waals surface area (Å²) in [7, 11) is 0. The molecule has 0 bridgehead atoms. The molecule has 1 atom stereocenters. The summed E-state index contributed by atoms with van der Waals surface area (Å²) in [4.78, 5) is 28.0. The molecule has 20 heavy (non-hydrogen) atoms. The molecule has 1 saturated heterocycles. The van der Waals surface area contributed by atoms with Crippen molar-refractivity contribution in [3.63, 3.8) is 0 Å². The van der Waals surface area contributed by atoms with E-state index in [4.69, 9.17) is 5.11 Å². The maximum absolute atomic E-state index is 12.3. The molecule has 110 valence electrons. The van der Waals surface area contributed by atoms with Crippen molar-refractivity contribution in [3.05, 3.63) is 17.5 Å². The van der Waals surface area contributed by atoms with E-state index in [0.29, 0.717) is 17.3 Å². The number of hydrogen-bond donors (Lipinski definition) is 3. The molecule has 0 aliphatic carbocycles. The van der Waals surface area contributed by atoms with Gasteiger partial charge in [0.25, 0.3) is 0 Å². The molecule has 0 radical (unpaired) electrons. The minimum Gasteiger partial charge on any atom is -0.477 e. The van der Waals surface area contributed by atoms with Crippen LogP contribution in [0.5, 0.6) is 0 Å². The average molecular weight is 279 g/mol. The van der Waals surface area contributed by atoms with Crippen LogP contribution < -0.4 is 5.32 Å². The van der Waals surface area contributed by atoms with Crippen LogP contribution in [-0.4, -0.2) is 39.6 Å². The van der Waals surface area contributed by atoms with E-state index >= 15 is 0 Å². The van der Waals surface area contributed by atoms with Crippen LogP contribution in [0.25, 0.3) is 0 Å². The summed E-state index contributed by atoms with van der Waals surface area (Å²) < 4.78 is 0. The summed E-state index contributed by atoms with van der Waals surface area (Å²) in [6.07, 6.45) is 2.00. The molecular weight excluding hydrogens is 258 g/mol. The number of H-pyrrole nitrogens is 1. The van der Waals surface area contributed by atoms with E-state index in [-0.39, 0.29) is 17.8 Å². The van der Waals surface area contributed by atoms with Gasteiger partial charge in [0.15, 0.2) is 0 Å². The van der Waals surface area contributed by atoms with Crippen molar-refractivity contribution in [1.29, 1.82) is 0 Å². The van der Waals surface area contributed by atoms with Crippen molar-refractivity contribution in [2.45, 2.75) is 39.7 Å². The molecule has 1 fully saturated rings. The Balaban J connectivity index is 2.14. The van der Waals surface area contributed by atoms with Crippen molar-refractivity contribution in [2.24, 2.45) is 5.92 Å². The largest absolute Gasteiger partial charge is 0.477 e. The lowest BCUT2D eigenvalue weighted by molar-refractivity contribution is 0.0692. The Morgan fingerprint density at radius 3 is 2.80 bits per heavy atom. The number of nitrogens with one attached hydrogen (secondary N) is 2. The quantitative estimate of drug-likeness (QED) is 0.795. The van der Waals surface area contributed by atoms with Crippen LogP contribution in [0, 0.1) is 12.8 Å². The fourth-order valence-corrected chi connectivity index (χ4v) is 2.78. The number of carboxylic acid groups (broad SMARTS) is 1. The number of carboxylic acids is 1. The maximum atomic E-state index is 12.3. The third kappa shape index (κ3) is 2.79. The molecule has 1 aromatic heterocycles. The lowest BCUT2D eigenvalue weighted by atomic mass is 10.0. The van der Waals surface area contributed by atoms with Crippen molar-refractivity contribution < 1.29 is 14.7 Å². The Labute approximate surface area is 118 Å². The molecule has 2 rings (SSSR count). The molecule has 1 aliphatic rings. The Morgan fingerprint density at radius 2 is 2.20 bits per heavy atom. The number of hydrogen-bond acceptors (Lipinski definition) is 2. The third-order valence-corrected chi connectivity index (χ3v) is 3.74. The molecule has 2 amide bonds. The van der Waals surface area contributed by atoms with Crippen LogP contribution in [0.15, 0.2) is 6.07 Å². The second kappa shape index (κ2) is 5.56. The van der Waals surface area contributed by atoms with Gasteiger partial charge in [-0.1, -0.05) is 13.8 Å². The number of likely N-dealkylation sites (tertiary alicyclic amines) is 1. The first kappa shape index (κ1) is 14.4. The van der Waals surface area contributed by atoms with E-state index in [1.807, 2.05) is 0 Å². The number of urea groups is 1. The summed E-state index contributed by atoms with van der Waals surface area (Å²) in [5.74, 6) is -0.676. The molecule has 2 heterocycles. The monoisotopic (exact) mass is 279 g/mol. The van der Waals surface area contributed by atoms with Crippen LogP contribution in [0.4, 0.5) is 10.5 Å². The highest BCUT2D eigenvalue weighted by Gasteiger charge is 2.31. The zero-order valence-corrected chi connectivity index (χ0v) is 12.1. The lowest BCUT2D eigenvalue weighted by Crippen LogP contribution is -2.41. The van der Waals surface area contributed by atoms with Crippen LogP contribution in [0.2, 0.25) is 0 Å². The summed E-state index contributed by atoms with van der Waals surface area (Å²) in [6, 6.07) is 1.65. The van der Waals surface area contributed by atoms with Gasteiger partial charge in [-0.05, 0) is 31.7 Å². The Hall–Kier alpha value is -1.98. The number of aromatic carboxylic acids is 1. The van der Waals surface area contributed by atoms with Gasteiger partial charge in [0.2, 0.25) is 0 Å². The maximum Gasteiger partial charge on any atom is 0.354 e. The summed E-state index contributed by atoms with van der Waals surface area (Å²) in [5, 5.41) is 11.8. The predicted octanol–water partition coefficient (Wildman–Crippen LogP) is 2.67. The van der Waals surface area contributed by atoms with Crippen LogP contribution >= 0.6 is 0 Å². The zero-order chi connectivity index (χ0) is 14.9. The molecule has 0 aromatic carbocycles. The van der Waals surface area contributed by atoms with E-state index in [1.54, 1.807) is 17.9 Å². The average Bonchev–Trinajstić information content (AvgIpc) is 2.95. The number of nitrogens with zero attached hydrogens (tertiary/aromatic N) is 1. The second-order valence-electron chi connectivity index (χ2n) is 5.62. The first-order valence-electron chi connectivity index (χ1n) is 6.90. The fourth-order valence-electron chi connectivity index (χ4n) is 2.78. The number of aromatic amines is 1. The normalized spacial score (nSPS) is 18.6. The summed E-state index contributed by atoms with van der Waals surface area (Å²) in [6.45, 7) is 6.67. The second-order valence-corrected chi connectivity index (χ2v) is 5.62. The molecule has 0 spiro atoms. The third-order valence-electron chi connectivity index (χ3n) is 3.74. The molecule has 1 aliphatic heterocycles. The fraction of sp³-hybridized carbons (Fsp3) is 0.571. The van der Waals surface area contributed by atoms with Gasteiger partial charge in [0.1, 0.15) is 5.69 Å². The van der Waals surface area contributed by atoms with Crippen molar-refractivity contribution >= 4 is 17.7 Å². The van der Waals surface area contributed by atoms with Gasteiger partial charge in [-0.2, -0.15) is 0 Å². The standard InChI is InChI=1S/C14H21N3O3/c1-8(2)11-5-4-6-17(11)14(20)16-10-7-9(3)15-12(10)13(18)19/h7-8,11,15H,4-6H2,1-3H3,(H,16,20)(H,18,19). The first-order chi connectivity index (χ1) is 9.40. The van der Waals surface area contributed by atoms with Crippen molar-refractivity contribution in [3.8, 4) is 0 Å². The number of carbonyl (C=O) groups excluding carboxylic acids is 1. The molecular formula is C14H21N3O3. The Kier molecular flexibility index (Phi) is 4.01. The van der Waals surface area contributed by atoms with Crippen molar-refractivity contribution in [2.75, 3.05) is 11.9 Å². The number of rotatable bonds is 3. The molecule has 3 N–H and O–H groups in total. The Bertz CT molecular complexity index is 522. The molecule has 1 aromatic rings. The highest BCUT2D eigenvalue weighted by molar-refractivity contribution is 5.99. The van der Waals surface area contributed by atoms with Gasteiger partial charge in [-0.3, -0.25) is 0 Å². The summed E-state index contributed by atoms with van der Waals surface area (Å²) in [5.41, 5.74) is 1.06. The predicted molar refractivity (Wildman–Crippen MR) is 76.1 cm³/mol. The SMILES string of the molecule is Cc1cc(NC(=O)N2CCCC2C(C)C)c(C(=O)O)[nH]1. The lowest BCUT2D eigenvalue weighted by Gasteiger charge is -2.27. The van der Waals surface area contributed by atoms with Gasteiger partial charge < -0.3 is 20.3 Å². The number of aromatic nitrogens is 1. The van der Waals surface area contributed by atoms with E-state index < -0.39 is 5.97 Å². The van der Waals surface area contributed by atoms with Gasteiger partial charge in [-0.15, -0.1) is 0 Å². The minimum absolute atomic E-state index is 0.0242. The number of carbonyl (C=O) groups is 2. The van der Waals surface area contributed by atoms with Gasteiger partial charge >= 0.3 is 12.0 Å². The van der Waals surface area contributed by atoms with E-state index in [1.165, 1.54) is 0 Å². The number of amides is 2. The van der Waals surface area contributed by atoms with E-state index in [0.717, 1.165) is 19.4 Å². The van der Waals surface area contributed by atoms with Crippen LogP contribution in [0.1, 0.15) is 42.9 Å². The van der Waals surface area contributed by atoms with Gasteiger partial charge in [-0.25, -0.2) is 9.59 Å². The van der Waals surface area contributed by atoms with Gasteiger partial charge in [0, 0.05) is 18.3 Å². The van der Waals surface area contributed by atoms with E-state index in [9.17, 15) is 9.59 Å². The van der Waals surface area contributed by atoms with Crippen LogP contribution in [0.3, 0.4) is 0 Å². The first-order valence-corrected chi connectivity index (χ1v) is 6.90. The smallest absolute Gasteiger partial charge is 0.354 e. The highest BCUT2D eigenvalue weighted by Crippen LogP contribution is 2.25. The number of anilines is 1. The number of aryl methyl sites for hydroxylation is 1.